The summed E-state index contributed by atoms with van der Waals surface area (Å²) in [5.74, 6) is -1.17. The molecule has 0 saturated carbocycles. The molecule has 0 aromatic heterocycles. The molecule has 156 valence electrons. The summed E-state index contributed by atoms with van der Waals surface area (Å²) in [6.07, 6.45) is 1.17. The molecule has 7 nitrogen and oxygen atoms in total. The Morgan fingerprint density at radius 1 is 1.10 bits per heavy atom. The molecule has 9 heteroatoms. The van der Waals surface area contributed by atoms with E-state index >= 15 is 0 Å². The second-order valence-corrected chi connectivity index (χ2v) is 8.85. The minimum absolute atomic E-state index is 0.0984. The molecule has 1 fully saturated rings. The van der Waals surface area contributed by atoms with Gasteiger partial charge in [0.25, 0.3) is 23.6 Å². The Bertz CT molecular complexity index is 848. The standard InChI is InChI=1S/C20H23Cl2N3O4/c1-11(2)10-25-18(27)14-4-3-12(9-15(14)19(25)28)17(26)23-13-5-7-24(8-6-13)20(29)16(21)22/h3-4,9,11,13,16H,5-8,10H2,1-2H3,(H,23,26). The summed E-state index contributed by atoms with van der Waals surface area (Å²) in [4.78, 5) is 51.2. The second kappa shape index (κ2) is 8.71. The molecule has 0 bridgehead atoms. The quantitative estimate of drug-likeness (QED) is 0.563. The molecule has 1 N–H and O–H groups in total. The summed E-state index contributed by atoms with van der Waals surface area (Å²) >= 11 is 11.2. The van der Waals surface area contributed by atoms with E-state index in [1.807, 2.05) is 13.8 Å². The van der Waals surface area contributed by atoms with Crippen molar-refractivity contribution in [3.8, 4) is 0 Å². The van der Waals surface area contributed by atoms with Crippen molar-refractivity contribution in [2.75, 3.05) is 19.6 Å². The fourth-order valence-corrected chi connectivity index (χ4v) is 3.89. The Hall–Kier alpha value is -2.12. The Morgan fingerprint density at radius 3 is 2.31 bits per heavy atom. The smallest absolute Gasteiger partial charge is 0.261 e. The molecular weight excluding hydrogens is 417 g/mol. The van der Waals surface area contributed by atoms with Crippen LogP contribution < -0.4 is 5.32 Å². The molecule has 0 unspecified atom stereocenters. The number of carbonyl (C=O) groups is 4. The maximum atomic E-state index is 12.6. The first-order valence-electron chi connectivity index (χ1n) is 9.57. The Kier molecular flexibility index (Phi) is 6.49. The third kappa shape index (κ3) is 4.56. The zero-order valence-electron chi connectivity index (χ0n) is 16.3. The number of imide groups is 1. The first kappa shape index (κ1) is 21.6. The predicted octanol–water partition coefficient (Wildman–Crippen LogP) is 2.46. The molecule has 0 radical (unpaired) electrons. The lowest BCUT2D eigenvalue weighted by atomic mass is 10.0. The number of nitrogens with zero attached hydrogens (tertiary/aromatic N) is 2. The van der Waals surface area contributed by atoms with Gasteiger partial charge in [-0.15, -0.1) is 0 Å². The molecular formula is C20H23Cl2N3O4. The van der Waals surface area contributed by atoms with Gasteiger partial charge in [-0.3, -0.25) is 24.1 Å². The topological polar surface area (TPSA) is 86.8 Å². The second-order valence-electron chi connectivity index (χ2n) is 7.75. The molecule has 29 heavy (non-hydrogen) atoms. The first-order valence-corrected chi connectivity index (χ1v) is 10.4. The van der Waals surface area contributed by atoms with Gasteiger partial charge in [-0.25, -0.2) is 0 Å². The number of piperidine rings is 1. The van der Waals surface area contributed by atoms with Crippen molar-refractivity contribution in [3.05, 3.63) is 34.9 Å². The van der Waals surface area contributed by atoms with Crippen molar-refractivity contribution in [1.29, 1.82) is 0 Å². The largest absolute Gasteiger partial charge is 0.349 e. The summed E-state index contributed by atoms with van der Waals surface area (Å²) < 4.78 is 0. The number of likely N-dealkylation sites (tertiary alicyclic amines) is 1. The number of benzene rings is 1. The number of hydrogen-bond donors (Lipinski definition) is 1. The Labute approximate surface area is 179 Å². The fraction of sp³-hybridized carbons (Fsp3) is 0.500. The van der Waals surface area contributed by atoms with E-state index in [4.69, 9.17) is 23.2 Å². The van der Waals surface area contributed by atoms with Crippen molar-refractivity contribution >= 4 is 46.8 Å². The van der Waals surface area contributed by atoms with Crippen LogP contribution >= 0.6 is 23.2 Å². The Balaban J connectivity index is 1.64. The maximum Gasteiger partial charge on any atom is 0.261 e. The number of hydrogen-bond acceptors (Lipinski definition) is 4. The zero-order valence-corrected chi connectivity index (χ0v) is 17.8. The molecule has 1 aromatic rings. The normalized spacial score (nSPS) is 17.3. The van der Waals surface area contributed by atoms with Crippen LogP contribution in [0.25, 0.3) is 0 Å². The van der Waals surface area contributed by atoms with Crippen molar-refractivity contribution in [1.82, 2.24) is 15.1 Å². The van der Waals surface area contributed by atoms with E-state index in [1.165, 1.54) is 17.0 Å². The van der Waals surface area contributed by atoms with Crippen molar-refractivity contribution < 1.29 is 19.2 Å². The number of fused-ring (bicyclic) bond motifs is 1. The molecule has 2 aliphatic rings. The van der Waals surface area contributed by atoms with Gasteiger partial charge in [0.05, 0.1) is 11.1 Å². The van der Waals surface area contributed by atoms with Crippen LogP contribution in [0, 0.1) is 5.92 Å². The van der Waals surface area contributed by atoms with Crippen LogP contribution in [0.4, 0.5) is 0 Å². The van der Waals surface area contributed by atoms with Gasteiger partial charge < -0.3 is 10.2 Å². The van der Waals surface area contributed by atoms with Crippen molar-refractivity contribution in [2.45, 2.75) is 37.6 Å². The molecule has 0 spiro atoms. The summed E-state index contributed by atoms with van der Waals surface area (Å²) in [6.45, 7) is 5.13. The van der Waals surface area contributed by atoms with Gasteiger partial charge in [-0.2, -0.15) is 0 Å². The van der Waals surface area contributed by atoms with Crippen LogP contribution in [-0.2, 0) is 4.79 Å². The molecule has 2 heterocycles. The van der Waals surface area contributed by atoms with E-state index in [-0.39, 0.29) is 41.2 Å². The number of rotatable bonds is 5. The van der Waals surface area contributed by atoms with E-state index in [0.717, 1.165) is 0 Å². The van der Waals surface area contributed by atoms with Crippen LogP contribution in [0.2, 0.25) is 0 Å². The van der Waals surface area contributed by atoms with E-state index < -0.39 is 4.84 Å². The molecule has 0 atom stereocenters. The van der Waals surface area contributed by atoms with E-state index in [1.54, 1.807) is 11.0 Å². The number of nitrogens with one attached hydrogen (secondary N) is 1. The number of alkyl halides is 2. The zero-order chi connectivity index (χ0) is 21.3. The van der Waals surface area contributed by atoms with Gasteiger partial charge in [0.2, 0.25) is 0 Å². The van der Waals surface area contributed by atoms with Gasteiger partial charge in [0.1, 0.15) is 0 Å². The number of amides is 4. The molecule has 4 amide bonds. The average molecular weight is 440 g/mol. The summed E-state index contributed by atoms with van der Waals surface area (Å²) in [7, 11) is 0. The predicted molar refractivity (Wildman–Crippen MR) is 109 cm³/mol. The third-order valence-corrected chi connectivity index (χ3v) is 5.48. The van der Waals surface area contributed by atoms with Crippen molar-refractivity contribution in [2.24, 2.45) is 5.92 Å². The minimum atomic E-state index is -1.08. The highest BCUT2D eigenvalue weighted by molar-refractivity contribution is 6.53. The van der Waals surface area contributed by atoms with Crippen LogP contribution in [0.15, 0.2) is 18.2 Å². The lowest BCUT2D eigenvalue weighted by Gasteiger charge is -2.32. The summed E-state index contributed by atoms with van der Waals surface area (Å²) in [5, 5.41) is 2.93. The van der Waals surface area contributed by atoms with Crippen LogP contribution in [0.5, 0.6) is 0 Å². The molecule has 2 aliphatic heterocycles. The number of carbonyl (C=O) groups excluding carboxylic acids is 4. The monoisotopic (exact) mass is 439 g/mol. The van der Waals surface area contributed by atoms with E-state index in [0.29, 0.717) is 43.6 Å². The maximum absolute atomic E-state index is 12.6. The molecule has 1 saturated heterocycles. The molecule has 1 aromatic carbocycles. The van der Waals surface area contributed by atoms with Gasteiger partial charge in [-0.1, -0.05) is 37.0 Å². The van der Waals surface area contributed by atoms with Gasteiger partial charge in [0.15, 0.2) is 4.84 Å². The number of halogens is 2. The van der Waals surface area contributed by atoms with Crippen LogP contribution in [0.1, 0.15) is 57.8 Å². The van der Waals surface area contributed by atoms with Crippen molar-refractivity contribution in [3.63, 3.8) is 0 Å². The fourth-order valence-electron chi connectivity index (χ4n) is 3.61. The lowest BCUT2D eigenvalue weighted by Crippen LogP contribution is -2.47. The highest BCUT2D eigenvalue weighted by Gasteiger charge is 2.36. The van der Waals surface area contributed by atoms with E-state index in [2.05, 4.69) is 5.32 Å². The molecule has 0 aliphatic carbocycles. The van der Waals surface area contributed by atoms with Gasteiger partial charge in [0, 0.05) is 31.2 Å². The summed E-state index contributed by atoms with van der Waals surface area (Å²) in [5.41, 5.74) is 0.922. The lowest BCUT2D eigenvalue weighted by molar-refractivity contribution is -0.130. The SMILES string of the molecule is CC(C)CN1C(=O)c2ccc(C(=O)NC3CCN(C(=O)C(Cl)Cl)CC3)cc2C1=O. The highest BCUT2D eigenvalue weighted by Crippen LogP contribution is 2.25. The first-order chi connectivity index (χ1) is 13.7. The van der Waals surface area contributed by atoms with Gasteiger partial charge in [-0.05, 0) is 37.0 Å². The highest BCUT2D eigenvalue weighted by atomic mass is 35.5. The molecule has 3 rings (SSSR count). The van der Waals surface area contributed by atoms with E-state index in [9.17, 15) is 19.2 Å². The minimum Gasteiger partial charge on any atom is -0.349 e. The van der Waals surface area contributed by atoms with Gasteiger partial charge >= 0.3 is 0 Å². The average Bonchev–Trinajstić information content (AvgIpc) is 2.92. The Morgan fingerprint density at radius 2 is 1.72 bits per heavy atom. The van der Waals surface area contributed by atoms with Crippen LogP contribution in [-0.4, -0.2) is 63.9 Å². The summed E-state index contributed by atoms with van der Waals surface area (Å²) in [6, 6.07) is 4.48. The van der Waals surface area contributed by atoms with Crippen LogP contribution in [0.3, 0.4) is 0 Å². The third-order valence-electron chi connectivity index (χ3n) is 5.11.